The van der Waals surface area contributed by atoms with Crippen LogP contribution in [0.3, 0.4) is 0 Å². The van der Waals surface area contributed by atoms with Gasteiger partial charge < -0.3 is 15.4 Å². The molecular formula is C17H14F4N2O2. The first kappa shape index (κ1) is 17.1. The summed E-state index contributed by atoms with van der Waals surface area (Å²) in [4.78, 5) is 11.8. The molecule has 3 rings (SSSR count). The van der Waals surface area contributed by atoms with Crippen LogP contribution in [0.4, 0.5) is 28.0 Å². The molecule has 2 aromatic rings. The summed E-state index contributed by atoms with van der Waals surface area (Å²) in [5.74, 6) is -4.02. The lowest BCUT2D eigenvalue weighted by molar-refractivity contribution is 0.0665. The predicted octanol–water partition coefficient (Wildman–Crippen LogP) is 4.07. The molecule has 0 radical (unpaired) electrons. The van der Waals surface area contributed by atoms with Crippen molar-refractivity contribution in [3.63, 3.8) is 0 Å². The Hall–Kier alpha value is -2.77. The highest BCUT2D eigenvalue weighted by atomic mass is 19.3. The third kappa shape index (κ3) is 4.20. The first-order valence-corrected chi connectivity index (χ1v) is 7.47. The van der Waals surface area contributed by atoms with Gasteiger partial charge in [-0.1, -0.05) is 6.07 Å². The van der Waals surface area contributed by atoms with Gasteiger partial charge in [-0.25, -0.2) is 22.4 Å². The van der Waals surface area contributed by atoms with Gasteiger partial charge in [-0.3, -0.25) is 0 Å². The highest BCUT2D eigenvalue weighted by Gasteiger charge is 2.59. The SMILES string of the molecule is O=C(NCc1c(F)cccc1F)Nc1ccc(OC2CC2(F)F)cc1. The number of urea groups is 1. The van der Waals surface area contributed by atoms with E-state index in [9.17, 15) is 22.4 Å². The normalized spacial score (nSPS) is 17.7. The number of nitrogens with one attached hydrogen (secondary N) is 2. The fraction of sp³-hybridized carbons (Fsp3) is 0.235. The summed E-state index contributed by atoms with van der Waals surface area (Å²) in [5, 5.41) is 4.80. The quantitative estimate of drug-likeness (QED) is 0.795. The molecule has 1 aliphatic carbocycles. The standard InChI is InChI=1S/C17H14F4N2O2/c18-13-2-1-3-14(19)12(13)9-22-16(24)23-10-4-6-11(7-5-10)25-15-8-17(15,20)21/h1-7,15H,8-9H2,(H2,22,23,24). The number of alkyl halides is 2. The molecule has 0 spiro atoms. The third-order valence-corrected chi connectivity index (χ3v) is 3.65. The van der Waals surface area contributed by atoms with Gasteiger partial charge in [-0.2, -0.15) is 0 Å². The number of hydrogen-bond donors (Lipinski definition) is 2. The average molecular weight is 354 g/mol. The van der Waals surface area contributed by atoms with Crippen molar-refractivity contribution in [1.82, 2.24) is 5.32 Å². The van der Waals surface area contributed by atoms with Gasteiger partial charge in [0.1, 0.15) is 17.4 Å². The largest absolute Gasteiger partial charge is 0.484 e. The number of anilines is 1. The van der Waals surface area contributed by atoms with Gasteiger partial charge in [0.05, 0.1) is 13.0 Å². The Bertz CT molecular complexity index is 760. The van der Waals surface area contributed by atoms with Crippen molar-refractivity contribution in [3.8, 4) is 5.75 Å². The second-order valence-electron chi connectivity index (χ2n) is 5.60. The molecule has 1 atom stereocenters. The van der Waals surface area contributed by atoms with E-state index in [-0.39, 0.29) is 24.3 Å². The molecule has 0 saturated heterocycles. The van der Waals surface area contributed by atoms with Crippen LogP contribution in [-0.2, 0) is 6.54 Å². The molecule has 8 heteroatoms. The molecule has 1 aliphatic rings. The Morgan fingerprint density at radius 1 is 1.12 bits per heavy atom. The number of carbonyl (C=O) groups is 1. The van der Waals surface area contributed by atoms with Crippen LogP contribution in [0, 0.1) is 11.6 Å². The first-order valence-electron chi connectivity index (χ1n) is 7.47. The Kier molecular flexibility index (Phi) is 4.52. The lowest BCUT2D eigenvalue weighted by atomic mass is 10.2. The molecule has 0 aliphatic heterocycles. The maximum atomic E-state index is 13.5. The molecule has 2 aromatic carbocycles. The first-order chi connectivity index (χ1) is 11.8. The molecule has 0 aromatic heterocycles. The zero-order valence-corrected chi connectivity index (χ0v) is 12.9. The van der Waals surface area contributed by atoms with E-state index in [4.69, 9.17) is 4.74 Å². The smallest absolute Gasteiger partial charge is 0.319 e. The Morgan fingerprint density at radius 2 is 1.72 bits per heavy atom. The van der Waals surface area contributed by atoms with Gasteiger partial charge in [0.2, 0.25) is 0 Å². The second kappa shape index (κ2) is 6.62. The number of carbonyl (C=O) groups excluding carboxylic acids is 1. The Balaban J connectivity index is 1.51. The summed E-state index contributed by atoms with van der Waals surface area (Å²) in [7, 11) is 0. The van der Waals surface area contributed by atoms with Gasteiger partial charge in [0.15, 0.2) is 6.10 Å². The second-order valence-corrected chi connectivity index (χ2v) is 5.60. The fourth-order valence-electron chi connectivity index (χ4n) is 2.14. The summed E-state index contributed by atoms with van der Waals surface area (Å²) < 4.78 is 57.5. The molecule has 1 unspecified atom stereocenters. The maximum Gasteiger partial charge on any atom is 0.319 e. The third-order valence-electron chi connectivity index (χ3n) is 3.65. The monoisotopic (exact) mass is 354 g/mol. The van der Waals surface area contributed by atoms with Gasteiger partial charge in [0.25, 0.3) is 5.92 Å². The molecule has 2 amide bonds. The summed E-state index contributed by atoms with van der Waals surface area (Å²) in [6.45, 7) is -0.317. The minimum atomic E-state index is -2.78. The maximum absolute atomic E-state index is 13.5. The number of rotatable bonds is 5. The number of halogens is 4. The van der Waals surface area contributed by atoms with Crippen LogP contribution in [0.5, 0.6) is 5.75 Å². The molecule has 2 N–H and O–H groups in total. The van der Waals surface area contributed by atoms with E-state index in [0.717, 1.165) is 12.1 Å². The summed E-state index contributed by atoms with van der Waals surface area (Å²) in [5.41, 5.74) is 0.133. The van der Waals surface area contributed by atoms with E-state index in [1.165, 1.54) is 30.3 Å². The number of amides is 2. The molecule has 25 heavy (non-hydrogen) atoms. The van der Waals surface area contributed by atoms with Crippen LogP contribution in [0.25, 0.3) is 0 Å². The summed E-state index contributed by atoms with van der Waals surface area (Å²) >= 11 is 0. The molecule has 0 heterocycles. The zero-order valence-electron chi connectivity index (χ0n) is 12.9. The topological polar surface area (TPSA) is 50.4 Å². The van der Waals surface area contributed by atoms with Crippen molar-refractivity contribution >= 4 is 11.7 Å². The molecule has 1 saturated carbocycles. The molecular weight excluding hydrogens is 340 g/mol. The highest BCUT2D eigenvalue weighted by Crippen LogP contribution is 2.44. The Labute approximate surface area is 140 Å². The van der Waals surface area contributed by atoms with Crippen molar-refractivity contribution in [1.29, 1.82) is 0 Å². The van der Waals surface area contributed by atoms with Crippen LogP contribution >= 0.6 is 0 Å². The van der Waals surface area contributed by atoms with Crippen molar-refractivity contribution < 1.29 is 27.1 Å². The fourth-order valence-corrected chi connectivity index (χ4v) is 2.14. The van der Waals surface area contributed by atoms with Crippen molar-refractivity contribution in [2.24, 2.45) is 0 Å². The van der Waals surface area contributed by atoms with Gasteiger partial charge in [-0.05, 0) is 36.4 Å². The van der Waals surface area contributed by atoms with Gasteiger partial charge >= 0.3 is 6.03 Å². The predicted molar refractivity (Wildman–Crippen MR) is 82.6 cm³/mol. The van der Waals surface area contributed by atoms with E-state index >= 15 is 0 Å². The minimum Gasteiger partial charge on any atom is -0.484 e. The number of hydrogen-bond acceptors (Lipinski definition) is 2. The van der Waals surface area contributed by atoms with E-state index in [0.29, 0.717) is 5.69 Å². The Morgan fingerprint density at radius 3 is 2.28 bits per heavy atom. The molecule has 132 valence electrons. The van der Waals surface area contributed by atoms with Gasteiger partial charge in [0, 0.05) is 11.3 Å². The van der Waals surface area contributed by atoms with Gasteiger partial charge in [-0.15, -0.1) is 0 Å². The summed E-state index contributed by atoms with van der Waals surface area (Å²) in [6.07, 6.45) is -1.41. The van der Waals surface area contributed by atoms with Crippen molar-refractivity contribution in [3.05, 3.63) is 59.7 Å². The van der Waals surface area contributed by atoms with E-state index < -0.39 is 29.7 Å². The zero-order chi connectivity index (χ0) is 18.0. The van der Waals surface area contributed by atoms with Crippen LogP contribution < -0.4 is 15.4 Å². The lowest BCUT2D eigenvalue weighted by Crippen LogP contribution is -2.28. The van der Waals surface area contributed by atoms with Crippen LogP contribution in [0.1, 0.15) is 12.0 Å². The van der Waals surface area contributed by atoms with E-state index in [1.54, 1.807) is 0 Å². The van der Waals surface area contributed by atoms with Crippen molar-refractivity contribution in [2.45, 2.75) is 25.0 Å². The molecule has 1 fully saturated rings. The van der Waals surface area contributed by atoms with Crippen molar-refractivity contribution in [2.75, 3.05) is 5.32 Å². The van der Waals surface area contributed by atoms with E-state index in [1.807, 2.05) is 0 Å². The highest BCUT2D eigenvalue weighted by molar-refractivity contribution is 5.89. The summed E-state index contributed by atoms with van der Waals surface area (Å²) in [6, 6.07) is 8.60. The molecule has 0 bridgehead atoms. The number of benzene rings is 2. The lowest BCUT2D eigenvalue weighted by Gasteiger charge is -2.10. The van der Waals surface area contributed by atoms with Crippen LogP contribution in [0.2, 0.25) is 0 Å². The molecule has 4 nitrogen and oxygen atoms in total. The van der Waals surface area contributed by atoms with E-state index in [2.05, 4.69) is 10.6 Å². The average Bonchev–Trinajstić information content (AvgIpc) is 3.15. The van der Waals surface area contributed by atoms with Crippen LogP contribution in [0.15, 0.2) is 42.5 Å². The van der Waals surface area contributed by atoms with Crippen LogP contribution in [-0.4, -0.2) is 18.1 Å². The minimum absolute atomic E-state index is 0.244. The number of ether oxygens (including phenoxy) is 1.